The van der Waals surface area contributed by atoms with Crippen LogP contribution in [0.5, 0.6) is 0 Å². The number of anilines is 1. The summed E-state index contributed by atoms with van der Waals surface area (Å²) in [5.74, 6) is -0.0744. The van der Waals surface area contributed by atoms with E-state index in [2.05, 4.69) is 15.3 Å². The van der Waals surface area contributed by atoms with Gasteiger partial charge in [0.1, 0.15) is 0 Å². The Kier molecular flexibility index (Phi) is 5.05. The number of pyridine rings is 1. The normalized spacial score (nSPS) is 11.9. The second-order valence-electron chi connectivity index (χ2n) is 4.82. The molecule has 1 aromatic carbocycles. The Morgan fingerprint density at radius 1 is 1.17 bits per heavy atom. The average molecular weight is 341 g/mol. The number of rotatable bonds is 5. The van der Waals surface area contributed by atoms with Gasteiger partial charge in [-0.15, -0.1) is 11.3 Å². The molecule has 116 valence electrons. The van der Waals surface area contributed by atoms with Crippen molar-refractivity contribution in [2.45, 2.75) is 17.2 Å². The smallest absolute Gasteiger partial charge is 0.239 e. The maximum absolute atomic E-state index is 12.3. The molecule has 0 radical (unpaired) electrons. The Hall–Kier alpha value is -2.18. The molecule has 1 amide bonds. The monoisotopic (exact) mass is 341 g/mol. The first-order valence-corrected chi connectivity index (χ1v) is 8.88. The van der Waals surface area contributed by atoms with Gasteiger partial charge < -0.3 is 5.32 Å². The van der Waals surface area contributed by atoms with Crippen LogP contribution in [-0.2, 0) is 4.79 Å². The lowest BCUT2D eigenvalue weighted by molar-refractivity contribution is -0.115. The van der Waals surface area contributed by atoms with Crippen molar-refractivity contribution in [3.8, 4) is 11.3 Å². The van der Waals surface area contributed by atoms with Crippen LogP contribution in [0, 0.1) is 0 Å². The lowest BCUT2D eigenvalue weighted by atomic mass is 10.2. The van der Waals surface area contributed by atoms with Gasteiger partial charge in [0.15, 0.2) is 5.13 Å². The van der Waals surface area contributed by atoms with Gasteiger partial charge in [-0.25, -0.2) is 9.97 Å². The molecule has 0 unspecified atom stereocenters. The number of hydrogen-bond acceptors (Lipinski definition) is 5. The SMILES string of the molecule is C[C@@H](Sc1ccccn1)C(=O)Nc1nc(-c2ccccc2)cs1. The third-order valence-corrected chi connectivity index (χ3v) is 4.92. The summed E-state index contributed by atoms with van der Waals surface area (Å²) in [6.07, 6.45) is 1.72. The Bertz CT molecular complexity index is 775. The highest BCUT2D eigenvalue weighted by Crippen LogP contribution is 2.26. The predicted octanol–water partition coefficient (Wildman–Crippen LogP) is 4.32. The predicted molar refractivity (Wildman–Crippen MR) is 95.7 cm³/mol. The van der Waals surface area contributed by atoms with Crippen LogP contribution < -0.4 is 5.32 Å². The van der Waals surface area contributed by atoms with Gasteiger partial charge in [0.05, 0.1) is 16.0 Å². The molecule has 0 aliphatic carbocycles. The standard InChI is InChI=1S/C17H15N3OS2/c1-12(23-15-9-5-6-10-18-15)16(21)20-17-19-14(11-22-17)13-7-3-2-4-8-13/h2-12H,1H3,(H,19,20,21)/t12-/m1/s1. The first-order valence-electron chi connectivity index (χ1n) is 7.12. The van der Waals surface area contributed by atoms with Crippen molar-refractivity contribution in [2.24, 2.45) is 0 Å². The quantitative estimate of drug-likeness (QED) is 0.702. The van der Waals surface area contributed by atoms with E-state index in [9.17, 15) is 4.79 Å². The molecule has 4 nitrogen and oxygen atoms in total. The molecule has 0 aliphatic heterocycles. The van der Waals surface area contributed by atoms with E-state index in [4.69, 9.17) is 0 Å². The van der Waals surface area contributed by atoms with Gasteiger partial charge in [0.2, 0.25) is 5.91 Å². The number of thioether (sulfide) groups is 1. The van der Waals surface area contributed by atoms with Gasteiger partial charge in [0.25, 0.3) is 0 Å². The molecule has 2 aromatic heterocycles. The summed E-state index contributed by atoms with van der Waals surface area (Å²) < 4.78 is 0. The first kappa shape index (κ1) is 15.7. The Balaban J connectivity index is 1.63. The van der Waals surface area contributed by atoms with Crippen LogP contribution in [0.25, 0.3) is 11.3 Å². The van der Waals surface area contributed by atoms with Crippen LogP contribution in [0.4, 0.5) is 5.13 Å². The van der Waals surface area contributed by atoms with Crippen LogP contribution in [-0.4, -0.2) is 21.1 Å². The zero-order chi connectivity index (χ0) is 16.1. The number of nitrogens with zero attached hydrogens (tertiary/aromatic N) is 2. The fourth-order valence-electron chi connectivity index (χ4n) is 1.93. The van der Waals surface area contributed by atoms with E-state index in [-0.39, 0.29) is 11.2 Å². The van der Waals surface area contributed by atoms with E-state index >= 15 is 0 Å². The van der Waals surface area contributed by atoms with E-state index in [0.29, 0.717) is 5.13 Å². The van der Waals surface area contributed by atoms with E-state index in [0.717, 1.165) is 16.3 Å². The number of carbonyl (C=O) groups is 1. The third kappa shape index (κ3) is 4.18. The summed E-state index contributed by atoms with van der Waals surface area (Å²) in [6, 6.07) is 15.6. The molecule has 1 atom stereocenters. The largest absolute Gasteiger partial charge is 0.301 e. The molecule has 0 bridgehead atoms. The topological polar surface area (TPSA) is 54.9 Å². The molecule has 0 fully saturated rings. The second kappa shape index (κ2) is 7.39. The number of nitrogens with one attached hydrogen (secondary N) is 1. The van der Waals surface area contributed by atoms with Gasteiger partial charge in [-0.2, -0.15) is 0 Å². The molecular weight excluding hydrogens is 326 g/mol. The first-order chi connectivity index (χ1) is 11.2. The van der Waals surface area contributed by atoms with Crippen LogP contribution in [0.15, 0.2) is 65.1 Å². The number of benzene rings is 1. The maximum atomic E-state index is 12.3. The van der Waals surface area contributed by atoms with E-state index in [1.165, 1.54) is 23.1 Å². The van der Waals surface area contributed by atoms with Crippen molar-refractivity contribution in [1.82, 2.24) is 9.97 Å². The second-order valence-corrected chi connectivity index (χ2v) is 7.04. The van der Waals surface area contributed by atoms with Crippen molar-refractivity contribution in [3.63, 3.8) is 0 Å². The van der Waals surface area contributed by atoms with Gasteiger partial charge >= 0.3 is 0 Å². The molecule has 23 heavy (non-hydrogen) atoms. The van der Waals surface area contributed by atoms with Gasteiger partial charge in [-0.05, 0) is 19.1 Å². The number of aromatic nitrogens is 2. The zero-order valence-electron chi connectivity index (χ0n) is 12.5. The maximum Gasteiger partial charge on any atom is 0.239 e. The van der Waals surface area contributed by atoms with Crippen molar-refractivity contribution in [3.05, 3.63) is 60.1 Å². The Labute approximate surface area is 143 Å². The van der Waals surface area contributed by atoms with Crippen molar-refractivity contribution < 1.29 is 4.79 Å². The molecule has 0 saturated heterocycles. The summed E-state index contributed by atoms with van der Waals surface area (Å²) >= 11 is 2.86. The molecule has 1 N–H and O–H groups in total. The molecule has 0 saturated carbocycles. The Morgan fingerprint density at radius 2 is 1.96 bits per heavy atom. The van der Waals surface area contributed by atoms with E-state index < -0.39 is 0 Å². The Morgan fingerprint density at radius 3 is 2.70 bits per heavy atom. The summed E-state index contributed by atoms with van der Waals surface area (Å²) in [7, 11) is 0. The molecular formula is C17H15N3OS2. The third-order valence-electron chi connectivity index (χ3n) is 3.11. The summed E-state index contributed by atoms with van der Waals surface area (Å²) in [5.41, 5.74) is 1.91. The van der Waals surface area contributed by atoms with Gasteiger partial charge in [-0.3, -0.25) is 4.79 Å². The lowest BCUT2D eigenvalue weighted by Crippen LogP contribution is -2.22. The highest BCUT2D eigenvalue weighted by Gasteiger charge is 2.16. The number of amides is 1. The molecule has 3 aromatic rings. The fraction of sp³-hybridized carbons (Fsp3) is 0.118. The lowest BCUT2D eigenvalue weighted by Gasteiger charge is -2.09. The summed E-state index contributed by atoms with van der Waals surface area (Å²) in [5, 5.41) is 6.02. The van der Waals surface area contributed by atoms with Gasteiger partial charge in [0, 0.05) is 17.1 Å². The zero-order valence-corrected chi connectivity index (χ0v) is 14.1. The minimum absolute atomic E-state index is 0.0744. The molecule has 3 rings (SSSR count). The van der Waals surface area contributed by atoms with Crippen LogP contribution in [0.1, 0.15) is 6.92 Å². The van der Waals surface area contributed by atoms with Gasteiger partial charge in [-0.1, -0.05) is 48.2 Å². The van der Waals surface area contributed by atoms with Crippen molar-refractivity contribution in [2.75, 3.05) is 5.32 Å². The number of thiazole rings is 1. The molecule has 0 aliphatic rings. The van der Waals surface area contributed by atoms with E-state index in [1.54, 1.807) is 6.20 Å². The van der Waals surface area contributed by atoms with E-state index in [1.807, 2.05) is 60.8 Å². The summed E-state index contributed by atoms with van der Waals surface area (Å²) in [6.45, 7) is 1.86. The fourth-order valence-corrected chi connectivity index (χ4v) is 3.46. The van der Waals surface area contributed by atoms with Crippen LogP contribution in [0.3, 0.4) is 0 Å². The van der Waals surface area contributed by atoms with Crippen LogP contribution >= 0.6 is 23.1 Å². The number of hydrogen-bond donors (Lipinski definition) is 1. The molecule has 6 heteroatoms. The number of carbonyl (C=O) groups excluding carboxylic acids is 1. The molecule has 2 heterocycles. The van der Waals surface area contributed by atoms with Crippen LogP contribution in [0.2, 0.25) is 0 Å². The minimum atomic E-state index is -0.242. The minimum Gasteiger partial charge on any atom is -0.301 e. The summed E-state index contributed by atoms with van der Waals surface area (Å²) in [4.78, 5) is 21.0. The van der Waals surface area contributed by atoms with Crippen molar-refractivity contribution >= 4 is 34.1 Å². The van der Waals surface area contributed by atoms with Crippen molar-refractivity contribution in [1.29, 1.82) is 0 Å². The average Bonchev–Trinajstić information content (AvgIpc) is 3.05. The highest BCUT2D eigenvalue weighted by atomic mass is 32.2. The molecule has 0 spiro atoms. The highest BCUT2D eigenvalue weighted by molar-refractivity contribution is 8.00.